The molecule has 0 atom stereocenters. The van der Waals surface area contributed by atoms with Crippen molar-refractivity contribution in [1.82, 2.24) is 0 Å². The van der Waals surface area contributed by atoms with E-state index in [1.54, 1.807) is 0 Å². The summed E-state index contributed by atoms with van der Waals surface area (Å²) in [5.74, 6) is -3.65. The molecule has 11 heavy (non-hydrogen) atoms. The van der Waals surface area contributed by atoms with Crippen molar-refractivity contribution in [2.75, 3.05) is 0 Å². The van der Waals surface area contributed by atoms with Gasteiger partial charge in [-0.15, -0.1) is 0 Å². The van der Waals surface area contributed by atoms with Gasteiger partial charge in [0.05, 0.1) is 0 Å². The Morgan fingerprint density at radius 1 is 0.727 bits per heavy atom. The van der Waals surface area contributed by atoms with E-state index in [0.29, 0.717) is 0 Å². The van der Waals surface area contributed by atoms with Gasteiger partial charge in [0.1, 0.15) is 0 Å². The zero-order valence-corrected chi connectivity index (χ0v) is 23.6. The van der Waals surface area contributed by atoms with Gasteiger partial charge in [0.25, 0.3) is 0 Å². The van der Waals surface area contributed by atoms with Crippen molar-refractivity contribution in [2.45, 2.75) is 0 Å². The Balaban J connectivity index is -0.00000000119. The predicted octanol–water partition coefficient (Wildman–Crippen LogP) is -1.62. The van der Waals surface area contributed by atoms with E-state index in [9.17, 15) is 0 Å². The SMILES string of the molecule is O=C(O)C(=O)O.[H-].[H-].[H-].[H-].[H-].[H-].[H-].[H-].[H-].[H-].[Sr+2].[Sr+2].[Sr+2].[Sr+2].[Sr+2]. The number of hydrogen-bond donors (Lipinski definition) is 2. The minimum absolute atomic E-state index is 0. The van der Waals surface area contributed by atoms with Crippen LogP contribution in [0.25, 0.3) is 0 Å². The summed E-state index contributed by atoms with van der Waals surface area (Å²) in [5, 5.41) is 14.8. The van der Waals surface area contributed by atoms with Crippen LogP contribution in [0.4, 0.5) is 0 Å². The molecule has 54 valence electrons. The average Bonchev–Trinajstić information content (AvgIpc) is 1.36. The van der Waals surface area contributed by atoms with Gasteiger partial charge >= 0.3 is 239 Å². The Hall–Kier alpha value is 6.34. The zero-order valence-electron chi connectivity index (χ0n) is 16.2. The Bertz CT molecular complexity index is 103. The van der Waals surface area contributed by atoms with Gasteiger partial charge in [-0.2, -0.15) is 0 Å². The molecule has 0 aliphatic rings. The van der Waals surface area contributed by atoms with E-state index in [4.69, 9.17) is 19.8 Å². The molecule has 0 spiro atoms. The van der Waals surface area contributed by atoms with Gasteiger partial charge in [0.15, 0.2) is 0 Å². The van der Waals surface area contributed by atoms with Gasteiger partial charge in [-0.1, -0.05) is 0 Å². The first-order chi connectivity index (χ1) is 2.64. The monoisotopic (exact) mass is 540 g/mol. The second-order valence-electron chi connectivity index (χ2n) is 0.610. The number of rotatable bonds is 0. The van der Waals surface area contributed by atoms with Gasteiger partial charge in [0.2, 0.25) is 0 Å². The molecule has 0 heterocycles. The normalized spacial score (nSPS) is 4.00. The van der Waals surface area contributed by atoms with Crippen molar-refractivity contribution in [3.8, 4) is 0 Å². The molecule has 0 radical (unpaired) electrons. The first kappa shape index (κ1) is 36.0. The average molecular weight is 538 g/mol. The fraction of sp³-hybridized carbons (Fsp3) is 0. The van der Waals surface area contributed by atoms with E-state index in [0.717, 1.165) is 0 Å². The molecule has 0 unspecified atom stereocenters. The molecule has 2 N–H and O–H groups in total. The summed E-state index contributed by atoms with van der Waals surface area (Å²) < 4.78 is 0. The third-order valence-corrected chi connectivity index (χ3v) is 0.183. The number of aliphatic carboxylic acids is 2. The number of carboxylic acid groups (broad SMARTS) is 2. The summed E-state index contributed by atoms with van der Waals surface area (Å²) in [6.45, 7) is 0. The topological polar surface area (TPSA) is 74.6 Å². The third kappa shape index (κ3) is 31.4. The minimum Gasteiger partial charge on any atom is -1.00 e. The molecule has 0 fully saturated rings. The minimum atomic E-state index is -1.82. The van der Waals surface area contributed by atoms with Crippen molar-refractivity contribution >= 4 is 239 Å². The van der Waals surface area contributed by atoms with Crippen molar-refractivity contribution < 1.29 is 34.1 Å². The van der Waals surface area contributed by atoms with Crippen LogP contribution in [0.5, 0.6) is 0 Å². The Morgan fingerprint density at radius 2 is 0.818 bits per heavy atom. The molecule has 0 aliphatic heterocycles. The molecule has 0 aromatic carbocycles. The molecule has 0 aromatic rings. The maximum absolute atomic E-state index is 9.10. The maximum atomic E-state index is 9.10. The fourth-order valence-electron chi connectivity index (χ4n) is 0. The summed E-state index contributed by atoms with van der Waals surface area (Å²) in [5.41, 5.74) is 0. The second-order valence-corrected chi connectivity index (χ2v) is 0.610. The van der Waals surface area contributed by atoms with Crippen LogP contribution >= 0.6 is 0 Å². The van der Waals surface area contributed by atoms with Crippen LogP contribution in [0.3, 0.4) is 0 Å². The zero-order chi connectivity index (χ0) is 5.15. The van der Waals surface area contributed by atoms with Gasteiger partial charge in [0, 0.05) is 0 Å². The summed E-state index contributed by atoms with van der Waals surface area (Å²) in [6, 6.07) is 0. The van der Waals surface area contributed by atoms with E-state index >= 15 is 0 Å². The number of carboxylic acids is 2. The van der Waals surface area contributed by atoms with Crippen LogP contribution in [0.1, 0.15) is 14.3 Å². The second kappa shape index (κ2) is 25.3. The van der Waals surface area contributed by atoms with Crippen molar-refractivity contribution in [3.63, 3.8) is 0 Å². The predicted molar refractivity (Wildman–Crippen MR) is 55.2 cm³/mol. The molecule has 0 rings (SSSR count). The van der Waals surface area contributed by atoms with E-state index in [1.807, 2.05) is 0 Å². The van der Waals surface area contributed by atoms with Crippen molar-refractivity contribution in [1.29, 1.82) is 0 Å². The van der Waals surface area contributed by atoms with E-state index in [-0.39, 0.29) is 242 Å². The fourth-order valence-corrected chi connectivity index (χ4v) is 0. The number of hydrogen-bond acceptors (Lipinski definition) is 2. The van der Waals surface area contributed by atoms with Crippen LogP contribution < -0.4 is 0 Å². The summed E-state index contributed by atoms with van der Waals surface area (Å²) in [7, 11) is 0. The first-order valence-corrected chi connectivity index (χ1v) is 1.11. The standard InChI is InChI=1S/C2H2O4.5Sr.10H/c3-1(4)2(5)6;;;;;;;;;;;;;;;/h(H,3,4)(H,5,6);;;;;;;;;;;;;;;/q;5*+2;10*-1. The van der Waals surface area contributed by atoms with Gasteiger partial charge < -0.3 is 24.5 Å². The molecule has 9 heteroatoms. The summed E-state index contributed by atoms with van der Waals surface area (Å²) >= 11 is 0. The van der Waals surface area contributed by atoms with Crippen LogP contribution in [-0.2, 0) is 9.59 Å². The van der Waals surface area contributed by atoms with Gasteiger partial charge in [-0.3, -0.25) is 0 Å². The van der Waals surface area contributed by atoms with Gasteiger partial charge in [-0.25, -0.2) is 9.59 Å². The van der Waals surface area contributed by atoms with Gasteiger partial charge in [-0.05, 0) is 0 Å². The molecule has 0 aliphatic carbocycles. The van der Waals surface area contributed by atoms with Crippen molar-refractivity contribution in [3.05, 3.63) is 0 Å². The largest absolute Gasteiger partial charge is 2.00 e. The van der Waals surface area contributed by atoms with Crippen LogP contribution in [-0.4, -0.2) is 250 Å². The van der Waals surface area contributed by atoms with E-state index in [1.165, 1.54) is 0 Å². The van der Waals surface area contributed by atoms with Crippen LogP contribution in [0.15, 0.2) is 0 Å². The third-order valence-electron chi connectivity index (χ3n) is 0.183. The molecular weight excluding hydrogens is 526 g/mol. The molecule has 0 bridgehead atoms. The van der Waals surface area contributed by atoms with E-state index in [2.05, 4.69) is 0 Å². The smallest absolute Gasteiger partial charge is 1.00 e. The Labute approximate surface area is 265 Å². The van der Waals surface area contributed by atoms with Crippen molar-refractivity contribution in [2.24, 2.45) is 0 Å². The Kier molecular flexibility index (Phi) is 82.7. The molecular formula is C2H12O4Sr5. The van der Waals surface area contributed by atoms with Crippen LogP contribution in [0.2, 0.25) is 0 Å². The maximum Gasteiger partial charge on any atom is 2.00 e. The molecule has 0 amide bonds. The van der Waals surface area contributed by atoms with Crippen LogP contribution in [0, 0.1) is 0 Å². The summed E-state index contributed by atoms with van der Waals surface area (Å²) in [4.78, 5) is 18.2. The summed E-state index contributed by atoms with van der Waals surface area (Å²) in [6.07, 6.45) is 0. The molecule has 4 nitrogen and oxygen atoms in total. The molecule has 0 saturated heterocycles. The molecule has 0 aromatic heterocycles. The van der Waals surface area contributed by atoms with E-state index < -0.39 is 11.9 Å². The first-order valence-electron chi connectivity index (χ1n) is 1.11. The number of carbonyl (C=O) groups is 2. The quantitative estimate of drug-likeness (QED) is 0.288. The Morgan fingerprint density at radius 3 is 0.818 bits per heavy atom. The molecule has 0 saturated carbocycles.